The third kappa shape index (κ3) is 7.78. The fourth-order valence-corrected chi connectivity index (χ4v) is 7.59. The first-order valence-corrected chi connectivity index (χ1v) is 18.8. The van der Waals surface area contributed by atoms with Crippen molar-refractivity contribution in [2.75, 3.05) is 0 Å². The molecule has 0 aliphatic heterocycles. The number of aromatic nitrogens is 3. The third-order valence-corrected chi connectivity index (χ3v) is 10.5. The van der Waals surface area contributed by atoms with Crippen molar-refractivity contribution in [2.45, 2.75) is 27.6 Å². The summed E-state index contributed by atoms with van der Waals surface area (Å²) in [7, 11) is 0. The van der Waals surface area contributed by atoms with E-state index in [2.05, 4.69) is 163 Å². The number of rotatable bonds is 6. The van der Waals surface area contributed by atoms with Gasteiger partial charge in [0.2, 0.25) is 0 Å². The molecule has 0 aliphatic carbocycles. The zero-order chi connectivity index (χ0) is 39.5. The number of thiophene rings is 1. The summed E-state index contributed by atoms with van der Waals surface area (Å²) >= 11 is 1.66. The Bertz CT molecular complexity index is 2780. The van der Waals surface area contributed by atoms with Crippen LogP contribution in [0.25, 0.3) is 77.3 Å². The fraction of sp³-hybridized carbons (Fsp3) is 0.0800. The molecule has 271 valence electrons. The normalized spacial score (nSPS) is 12.3. The van der Waals surface area contributed by atoms with Crippen LogP contribution in [0.2, 0.25) is 0 Å². The average Bonchev–Trinajstić information content (AvgIpc) is 3.85. The van der Waals surface area contributed by atoms with Gasteiger partial charge < -0.3 is 9.55 Å². The number of aryl methyl sites for hydroxylation is 2. The minimum absolute atomic E-state index is 0. The van der Waals surface area contributed by atoms with E-state index < -0.39 is 6.85 Å². The van der Waals surface area contributed by atoms with Gasteiger partial charge in [-0.25, -0.2) is 0 Å². The van der Waals surface area contributed by atoms with Crippen molar-refractivity contribution in [2.24, 2.45) is 0 Å². The molecule has 55 heavy (non-hydrogen) atoms. The van der Waals surface area contributed by atoms with E-state index in [0.29, 0.717) is 0 Å². The quantitative estimate of drug-likeness (QED) is 0.156. The van der Waals surface area contributed by atoms with Crippen LogP contribution < -0.4 is 0 Å². The SMILES string of the molecule is C/C=C(/C)c1ccc2s[c-]c(-c3nc4ccccc4n3-c3c(-c4ccccc4)cc(C)cc3-c3ccccc3)c2c1.[2H]C([2H])([2H])c1ccc(-c2[c-]cccc2)nc1.[Ir]. The van der Waals surface area contributed by atoms with Gasteiger partial charge in [-0.3, -0.25) is 16.3 Å². The molecule has 0 saturated heterocycles. The van der Waals surface area contributed by atoms with Crippen LogP contribution in [0.4, 0.5) is 0 Å². The maximum absolute atomic E-state index is 7.23. The van der Waals surface area contributed by atoms with Gasteiger partial charge in [0.05, 0.1) is 22.5 Å². The Kier molecular flexibility index (Phi) is 10.3. The van der Waals surface area contributed by atoms with Crippen molar-refractivity contribution >= 4 is 38.0 Å². The van der Waals surface area contributed by atoms with E-state index in [9.17, 15) is 0 Å². The van der Waals surface area contributed by atoms with Crippen LogP contribution in [-0.2, 0) is 20.1 Å². The van der Waals surface area contributed by atoms with E-state index in [-0.39, 0.29) is 25.7 Å². The van der Waals surface area contributed by atoms with Crippen molar-refractivity contribution in [1.82, 2.24) is 14.5 Å². The van der Waals surface area contributed by atoms with Gasteiger partial charge >= 0.3 is 0 Å². The van der Waals surface area contributed by atoms with E-state index in [1.807, 2.05) is 18.2 Å². The Morgan fingerprint density at radius 3 is 2.09 bits per heavy atom. The molecule has 9 rings (SSSR count). The van der Waals surface area contributed by atoms with Gasteiger partial charge in [-0.15, -0.1) is 41.3 Å². The summed E-state index contributed by atoms with van der Waals surface area (Å²) in [5.41, 5.74) is 14.5. The molecule has 0 saturated carbocycles. The molecular weight excluding hydrogens is 867 g/mol. The van der Waals surface area contributed by atoms with Crippen LogP contribution in [0.3, 0.4) is 0 Å². The first kappa shape index (κ1) is 33.8. The van der Waals surface area contributed by atoms with Crippen LogP contribution >= 0.6 is 11.3 Å². The zero-order valence-corrected chi connectivity index (χ0v) is 33.9. The topological polar surface area (TPSA) is 30.7 Å². The number of pyridine rings is 1. The number of benzene rings is 6. The number of fused-ring (bicyclic) bond motifs is 2. The zero-order valence-electron chi connectivity index (χ0n) is 33.7. The largest absolute Gasteiger partial charge is 0.332 e. The summed E-state index contributed by atoms with van der Waals surface area (Å²) in [5.74, 6) is 0.908. The molecule has 6 aromatic carbocycles. The molecule has 0 aliphatic rings. The molecule has 0 fully saturated rings. The second kappa shape index (κ2) is 16.8. The summed E-state index contributed by atoms with van der Waals surface area (Å²) in [4.78, 5) is 9.42. The molecule has 3 aromatic heterocycles. The van der Waals surface area contributed by atoms with Gasteiger partial charge in [-0.1, -0.05) is 125 Å². The van der Waals surface area contributed by atoms with E-state index in [1.165, 1.54) is 55.2 Å². The Morgan fingerprint density at radius 1 is 0.764 bits per heavy atom. The smallest absolute Gasteiger partial charge is 0.0774 e. The van der Waals surface area contributed by atoms with Gasteiger partial charge in [-0.05, 0) is 91.0 Å². The van der Waals surface area contributed by atoms with Crippen molar-refractivity contribution in [3.8, 4) is 50.6 Å². The minimum atomic E-state index is -2.09. The monoisotopic (exact) mass is 909 g/mol. The average molecular weight is 909 g/mol. The second-order valence-electron chi connectivity index (χ2n) is 13.2. The predicted molar refractivity (Wildman–Crippen MR) is 229 cm³/mol. The number of hydrogen-bond donors (Lipinski definition) is 0. The van der Waals surface area contributed by atoms with Gasteiger partial charge in [0.15, 0.2) is 0 Å². The Labute approximate surface area is 345 Å². The number of para-hydroxylation sites is 2. The van der Waals surface area contributed by atoms with Gasteiger partial charge in [0.1, 0.15) is 0 Å². The van der Waals surface area contributed by atoms with Crippen LogP contribution in [-0.4, -0.2) is 14.5 Å². The van der Waals surface area contributed by atoms with E-state index >= 15 is 0 Å². The molecule has 0 atom stereocenters. The van der Waals surface area contributed by atoms with Gasteiger partial charge in [0, 0.05) is 41.5 Å². The maximum Gasteiger partial charge on any atom is 0.0774 e. The van der Waals surface area contributed by atoms with E-state index in [4.69, 9.17) is 9.10 Å². The maximum atomic E-state index is 7.23. The summed E-state index contributed by atoms with van der Waals surface area (Å²) < 4.78 is 25.3. The minimum Gasteiger partial charge on any atom is -0.332 e. The Balaban J connectivity index is 0.000000254. The van der Waals surface area contributed by atoms with Crippen LogP contribution in [0.1, 0.15) is 34.7 Å². The second-order valence-corrected chi connectivity index (χ2v) is 14.0. The van der Waals surface area contributed by atoms with E-state index in [1.54, 1.807) is 29.5 Å². The molecule has 9 aromatic rings. The predicted octanol–water partition coefficient (Wildman–Crippen LogP) is 13.6. The van der Waals surface area contributed by atoms with Gasteiger partial charge in [-0.2, -0.15) is 0 Å². The van der Waals surface area contributed by atoms with Gasteiger partial charge in [0.25, 0.3) is 0 Å². The molecule has 3 heterocycles. The standard InChI is InChI=1S/C38H29N2S.C12H10N.Ir/c1-4-26(3)29-19-20-36-32(23-29)33(24-41-36)38-39-34-17-11-12-18-35(34)40(38)37-30(27-13-7-5-8-14-27)21-25(2)22-31(37)28-15-9-6-10-16-28;1-10-7-8-12(13-9-10)11-5-3-2-4-6-11;/h4-23H,1-3H3;2-5,7-9H,1H3;/q2*-1;/b26-4-;;/i;1D3;. The Hall–Kier alpha value is -5.71. The molecule has 0 amide bonds. The summed E-state index contributed by atoms with van der Waals surface area (Å²) in [6.07, 6.45) is 3.56. The van der Waals surface area contributed by atoms with E-state index in [0.717, 1.165) is 39.4 Å². The molecule has 0 spiro atoms. The molecule has 0 bridgehead atoms. The molecule has 1 radical (unpaired) electrons. The van der Waals surface area contributed by atoms with Crippen LogP contribution in [0.5, 0.6) is 0 Å². The fourth-order valence-electron chi connectivity index (χ4n) is 6.77. The van der Waals surface area contributed by atoms with Crippen molar-refractivity contribution in [3.63, 3.8) is 0 Å². The first-order chi connectivity index (χ1) is 27.7. The summed E-state index contributed by atoms with van der Waals surface area (Å²) in [5, 5.41) is 4.83. The van der Waals surface area contributed by atoms with Crippen LogP contribution in [0, 0.1) is 25.2 Å². The van der Waals surface area contributed by atoms with Crippen molar-refractivity contribution in [3.05, 3.63) is 192 Å². The Morgan fingerprint density at radius 2 is 1.45 bits per heavy atom. The molecule has 0 unspecified atom stereocenters. The van der Waals surface area contributed by atoms with Crippen molar-refractivity contribution < 1.29 is 24.2 Å². The summed E-state index contributed by atoms with van der Waals surface area (Å²) in [6.45, 7) is 4.34. The molecule has 0 N–H and O–H groups in total. The van der Waals surface area contributed by atoms with Crippen LogP contribution in [0.15, 0.2) is 164 Å². The number of allylic oxidation sites excluding steroid dienone is 2. The first-order valence-electron chi connectivity index (χ1n) is 19.4. The summed E-state index contributed by atoms with van der Waals surface area (Å²) in [6, 6.07) is 55.0. The molecular formula is C50H39IrN3S-2. The number of imidazole rings is 1. The molecule has 5 heteroatoms. The van der Waals surface area contributed by atoms with Crippen molar-refractivity contribution in [1.29, 1.82) is 0 Å². The molecule has 3 nitrogen and oxygen atoms in total. The number of hydrogen-bond acceptors (Lipinski definition) is 3. The third-order valence-electron chi connectivity index (χ3n) is 9.58. The number of nitrogens with zero attached hydrogens (tertiary/aromatic N) is 3.